The summed E-state index contributed by atoms with van der Waals surface area (Å²) < 4.78 is 5.37. The number of carbonyl (C=O) groups excluding carboxylic acids is 1. The summed E-state index contributed by atoms with van der Waals surface area (Å²) in [6.45, 7) is 5.62. The largest absolute Gasteiger partial charge is 0.444 e. The number of hydrogen-bond acceptors (Lipinski definition) is 3. The first-order chi connectivity index (χ1) is 9.79. The molecule has 1 amide bonds. The third-order valence-corrected chi connectivity index (χ3v) is 5.70. The van der Waals surface area contributed by atoms with Crippen LogP contribution in [0, 0.1) is 23.2 Å². The quantitative estimate of drug-likeness (QED) is 0.841. The van der Waals surface area contributed by atoms with Crippen molar-refractivity contribution in [1.29, 1.82) is 0 Å². The molecule has 1 atom stereocenters. The summed E-state index contributed by atoms with van der Waals surface area (Å²) in [6, 6.07) is -0.152. The summed E-state index contributed by atoms with van der Waals surface area (Å²) in [5.74, 6) is 2.43. The molecule has 21 heavy (non-hydrogen) atoms. The van der Waals surface area contributed by atoms with Crippen molar-refractivity contribution in [3.8, 4) is 0 Å². The van der Waals surface area contributed by atoms with E-state index in [-0.39, 0.29) is 18.1 Å². The molecule has 0 heterocycles. The Morgan fingerprint density at radius 3 is 2.05 bits per heavy atom. The molecule has 0 saturated heterocycles. The molecule has 120 valence electrons. The van der Waals surface area contributed by atoms with Crippen molar-refractivity contribution < 1.29 is 14.6 Å². The van der Waals surface area contributed by atoms with Crippen LogP contribution in [0.5, 0.6) is 0 Å². The van der Waals surface area contributed by atoms with Crippen molar-refractivity contribution in [2.24, 2.45) is 23.2 Å². The second-order valence-corrected chi connectivity index (χ2v) is 8.66. The van der Waals surface area contributed by atoms with Crippen molar-refractivity contribution in [3.05, 3.63) is 0 Å². The van der Waals surface area contributed by atoms with Gasteiger partial charge in [0, 0.05) is 0 Å². The molecule has 4 rings (SSSR count). The molecule has 4 aliphatic rings. The molecule has 4 heteroatoms. The third-order valence-electron chi connectivity index (χ3n) is 5.70. The van der Waals surface area contributed by atoms with E-state index >= 15 is 0 Å². The number of ether oxygens (including phenoxy) is 1. The summed E-state index contributed by atoms with van der Waals surface area (Å²) in [4.78, 5) is 12.1. The average Bonchev–Trinajstić information content (AvgIpc) is 2.31. The molecule has 0 aromatic carbocycles. The summed E-state index contributed by atoms with van der Waals surface area (Å²) in [7, 11) is 0. The van der Waals surface area contributed by atoms with Crippen LogP contribution in [0.25, 0.3) is 0 Å². The molecule has 0 aliphatic heterocycles. The van der Waals surface area contributed by atoms with E-state index in [4.69, 9.17) is 4.74 Å². The van der Waals surface area contributed by atoms with Crippen molar-refractivity contribution in [1.82, 2.24) is 5.32 Å². The Hall–Kier alpha value is -0.770. The monoisotopic (exact) mass is 295 g/mol. The highest BCUT2D eigenvalue weighted by molar-refractivity contribution is 5.68. The maximum Gasteiger partial charge on any atom is 0.407 e. The molecular formula is C17H29NO3. The van der Waals surface area contributed by atoms with Crippen molar-refractivity contribution in [2.75, 3.05) is 6.61 Å². The molecule has 0 radical (unpaired) electrons. The molecule has 4 aliphatic carbocycles. The molecule has 0 unspecified atom stereocenters. The SMILES string of the molecule is CC(C)(C)OC(=O)N[C@H](CO)C12CC3CC(CC(C3)C1)C2. The average molecular weight is 295 g/mol. The molecule has 4 nitrogen and oxygen atoms in total. The van der Waals surface area contributed by atoms with Gasteiger partial charge in [-0.1, -0.05) is 0 Å². The van der Waals surface area contributed by atoms with Gasteiger partial charge in [0.1, 0.15) is 5.60 Å². The molecule has 4 saturated carbocycles. The number of nitrogens with one attached hydrogen (secondary N) is 1. The van der Waals surface area contributed by atoms with Gasteiger partial charge in [0.25, 0.3) is 0 Å². The van der Waals surface area contributed by atoms with Gasteiger partial charge in [-0.3, -0.25) is 0 Å². The normalized spacial score (nSPS) is 39.1. The van der Waals surface area contributed by atoms with E-state index in [1.165, 1.54) is 38.5 Å². The van der Waals surface area contributed by atoms with Crippen LogP contribution in [-0.4, -0.2) is 29.4 Å². The topological polar surface area (TPSA) is 58.6 Å². The van der Waals surface area contributed by atoms with Crippen molar-refractivity contribution in [2.45, 2.75) is 70.9 Å². The summed E-state index contributed by atoms with van der Waals surface area (Å²) in [6.07, 6.45) is 7.20. The van der Waals surface area contributed by atoms with Crippen LogP contribution in [0.2, 0.25) is 0 Å². The lowest BCUT2D eigenvalue weighted by Crippen LogP contribution is -2.58. The van der Waals surface area contributed by atoms with Crippen LogP contribution in [0.4, 0.5) is 4.79 Å². The summed E-state index contributed by atoms with van der Waals surface area (Å²) >= 11 is 0. The van der Waals surface area contributed by atoms with Gasteiger partial charge >= 0.3 is 6.09 Å². The fraction of sp³-hybridized carbons (Fsp3) is 0.941. The number of amides is 1. The molecule has 0 aromatic heterocycles. The predicted octanol–water partition coefficient (Wildman–Crippen LogP) is 3.09. The van der Waals surface area contributed by atoms with E-state index in [2.05, 4.69) is 5.32 Å². The van der Waals surface area contributed by atoms with Gasteiger partial charge < -0.3 is 15.2 Å². The van der Waals surface area contributed by atoms with E-state index in [1.807, 2.05) is 20.8 Å². The molecule has 0 spiro atoms. The van der Waals surface area contributed by atoms with Gasteiger partial charge in [0.2, 0.25) is 0 Å². The zero-order chi connectivity index (χ0) is 15.3. The van der Waals surface area contributed by atoms with Crippen molar-refractivity contribution in [3.63, 3.8) is 0 Å². The van der Waals surface area contributed by atoms with Crippen molar-refractivity contribution >= 4 is 6.09 Å². The van der Waals surface area contributed by atoms with E-state index in [1.54, 1.807) is 0 Å². The number of aliphatic hydroxyl groups is 1. The summed E-state index contributed by atoms with van der Waals surface area (Å²) in [5.41, 5.74) is -0.383. The Balaban J connectivity index is 1.70. The van der Waals surface area contributed by atoms with E-state index in [0.29, 0.717) is 0 Å². The highest BCUT2D eigenvalue weighted by Crippen LogP contribution is 2.61. The number of rotatable bonds is 3. The van der Waals surface area contributed by atoms with Gasteiger partial charge in [-0.2, -0.15) is 0 Å². The molecular weight excluding hydrogens is 266 g/mol. The maximum absolute atomic E-state index is 12.1. The Bertz CT molecular complexity index is 377. The standard InChI is InChI=1S/C17H29NO3/c1-16(2,3)21-15(20)18-14(10-19)17-7-11-4-12(8-17)6-13(5-11)9-17/h11-14,19H,4-10H2,1-3H3,(H,18,20)/t11?,12?,13?,14-,17?/m1/s1. The zero-order valence-corrected chi connectivity index (χ0v) is 13.5. The van der Waals surface area contributed by atoms with Crippen LogP contribution in [-0.2, 0) is 4.74 Å². The van der Waals surface area contributed by atoms with Gasteiger partial charge in [0.15, 0.2) is 0 Å². The highest BCUT2D eigenvalue weighted by Gasteiger charge is 2.54. The van der Waals surface area contributed by atoms with E-state index in [9.17, 15) is 9.90 Å². The zero-order valence-electron chi connectivity index (χ0n) is 13.5. The van der Waals surface area contributed by atoms with Crippen LogP contribution in [0.1, 0.15) is 59.3 Å². The van der Waals surface area contributed by atoms with Crippen LogP contribution < -0.4 is 5.32 Å². The van der Waals surface area contributed by atoms with Gasteiger partial charge in [-0.15, -0.1) is 0 Å². The van der Waals surface area contributed by atoms with Crippen LogP contribution in [0.3, 0.4) is 0 Å². The summed E-state index contributed by atoms with van der Waals surface area (Å²) in [5, 5.41) is 12.8. The fourth-order valence-electron chi connectivity index (χ4n) is 5.45. The Kier molecular flexibility index (Phi) is 3.71. The number of hydrogen-bond donors (Lipinski definition) is 2. The lowest BCUT2D eigenvalue weighted by atomic mass is 9.48. The molecule has 0 aromatic rings. The minimum atomic E-state index is -0.494. The molecule has 4 bridgehead atoms. The Morgan fingerprint density at radius 1 is 1.19 bits per heavy atom. The lowest BCUT2D eigenvalue weighted by molar-refractivity contribution is -0.0829. The first-order valence-corrected chi connectivity index (χ1v) is 8.40. The van der Waals surface area contributed by atoms with Crippen LogP contribution in [0.15, 0.2) is 0 Å². The van der Waals surface area contributed by atoms with Crippen LogP contribution >= 0.6 is 0 Å². The van der Waals surface area contributed by atoms with E-state index < -0.39 is 11.7 Å². The predicted molar refractivity (Wildman–Crippen MR) is 80.8 cm³/mol. The second kappa shape index (κ2) is 5.15. The number of aliphatic hydroxyl groups excluding tert-OH is 1. The maximum atomic E-state index is 12.1. The molecule has 4 fully saturated rings. The minimum absolute atomic E-state index is 0.0192. The fourth-order valence-corrected chi connectivity index (χ4v) is 5.45. The van der Waals surface area contributed by atoms with E-state index in [0.717, 1.165) is 17.8 Å². The smallest absolute Gasteiger partial charge is 0.407 e. The number of carbonyl (C=O) groups is 1. The Labute approximate surface area is 127 Å². The third kappa shape index (κ3) is 3.05. The molecule has 2 N–H and O–H groups in total. The van der Waals surface area contributed by atoms with Gasteiger partial charge in [-0.05, 0) is 82.5 Å². The highest BCUT2D eigenvalue weighted by atomic mass is 16.6. The number of alkyl carbamates (subject to hydrolysis) is 1. The first kappa shape index (κ1) is 15.1. The minimum Gasteiger partial charge on any atom is -0.444 e. The second-order valence-electron chi connectivity index (χ2n) is 8.66. The van der Waals surface area contributed by atoms with Gasteiger partial charge in [-0.25, -0.2) is 4.79 Å². The first-order valence-electron chi connectivity index (χ1n) is 8.40. The lowest BCUT2D eigenvalue weighted by Gasteiger charge is -2.59. The Morgan fingerprint density at radius 2 is 1.67 bits per heavy atom. The van der Waals surface area contributed by atoms with Gasteiger partial charge in [0.05, 0.1) is 12.6 Å².